The van der Waals surface area contributed by atoms with E-state index in [0.29, 0.717) is 16.8 Å². The van der Waals surface area contributed by atoms with Gasteiger partial charge >= 0.3 is 0 Å². The molecule has 0 aliphatic rings. The first-order valence-electron chi connectivity index (χ1n) is 8.54. The van der Waals surface area contributed by atoms with Gasteiger partial charge in [0.2, 0.25) is 0 Å². The van der Waals surface area contributed by atoms with Crippen LogP contribution < -0.4 is 5.32 Å². The summed E-state index contributed by atoms with van der Waals surface area (Å²) in [6, 6.07) is 12.6. The molecule has 1 N–H and O–H groups in total. The van der Waals surface area contributed by atoms with Crippen LogP contribution in [-0.2, 0) is 0 Å². The Bertz CT molecular complexity index is 985. The van der Waals surface area contributed by atoms with Gasteiger partial charge in [0.25, 0.3) is 11.8 Å². The van der Waals surface area contributed by atoms with Gasteiger partial charge in [-0.15, -0.1) is 0 Å². The number of amides is 2. The van der Waals surface area contributed by atoms with Crippen LogP contribution in [0.3, 0.4) is 0 Å². The Morgan fingerprint density at radius 3 is 2.36 bits per heavy atom. The number of furan rings is 1. The predicted molar refractivity (Wildman–Crippen MR) is 100.0 cm³/mol. The van der Waals surface area contributed by atoms with Crippen molar-refractivity contribution in [3.63, 3.8) is 0 Å². The molecule has 2 aromatic carbocycles. The van der Waals surface area contributed by atoms with Crippen LogP contribution in [0, 0.1) is 11.6 Å². The first-order chi connectivity index (χ1) is 13.4. The molecule has 0 spiro atoms. The molecule has 3 rings (SSSR count). The Morgan fingerprint density at radius 1 is 1.04 bits per heavy atom. The quantitative estimate of drug-likeness (QED) is 0.697. The lowest BCUT2D eigenvalue weighted by Gasteiger charge is -2.25. The van der Waals surface area contributed by atoms with Crippen molar-refractivity contribution < 1.29 is 22.8 Å². The summed E-state index contributed by atoms with van der Waals surface area (Å²) in [4.78, 5) is 26.1. The third-order valence-electron chi connectivity index (χ3n) is 4.46. The zero-order valence-electron chi connectivity index (χ0n) is 15.3. The number of rotatable bonds is 5. The van der Waals surface area contributed by atoms with E-state index in [-0.39, 0.29) is 11.7 Å². The van der Waals surface area contributed by atoms with Crippen molar-refractivity contribution in [2.24, 2.45) is 0 Å². The highest BCUT2D eigenvalue weighted by Crippen LogP contribution is 2.23. The Kier molecular flexibility index (Phi) is 5.54. The number of carbonyl (C=O) groups is 2. The number of nitrogens with zero attached hydrogens (tertiary/aromatic N) is 1. The van der Waals surface area contributed by atoms with E-state index in [1.807, 2.05) is 0 Å². The summed E-state index contributed by atoms with van der Waals surface area (Å²) < 4.78 is 31.6. The second-order valence-electron chi connectivity index (χ2n) is 6.27. The fraction of sp³-hybridized carbons (Fsp3) is 0.143. The second-order valence-corrected chi connectivity index (χ2v) is 6.27. The maximum atomic E-state index is 13.5. The molecule has 0 fully saturated rings. The number of carbonyl (C=O) groups excluding carboxylic acids is 2. The number of halogens is 2. The normalized spacial score (nSPS) is 11.7. The van der Waals surface area contributed by atoms with E-state index in [0.717, 1.165) is 12.1 Å². The van der Waals surface area contributed by atoms with E-state index in [1.165, 1.54) is 17.2 Å². The molecule has 0 saturated carbocycles. The summed E-state index contributed by atoms with van der Waals surface area (Å²) >= 11 is 0. The maximum absolute atomic E-state index is 13.5. The number of hydrogen-bond acceptors (Lipinski definition) is 3. The van der Waals surface area contributed by atoms with Crippen LogP contribution in [0.5, 0.6) is 0 Å². The summed E-state index contributed by atoms with van der Waals surface area (Å²) in [5, 5.41) is 2.67. The monoisotopic (exact) mass is 384 g/mol. The van der Waals surface area contributed by atoms with E-state index in [2.05, 4.69) is 5.32 Å². The minimum absolute atomic E-state index is 0.181. The van der Waals surface area contributed by atoms with Gasteiger partial charge in [0.1, 0.15) is 0 Å². The van der Waals surface area contributed by atoms with Crippen molar-refractivity contribution in [1.29, 1.82) is 0 Å². The zero-order valence-corrected chi connectivity index (χ0v) is 15.3. The molecule has 0 aliphatic heterocycles. The topological polar surface area (TPSA) is 62.6 Å². The SMILES string of the molecule is CC(c1ccc(F)c(F)c1)N(C)C(=O)c1ccc(NC(=O)c2ccco2)cc1. The number of hydrogen-bond donors (Lipinski definition) is 1. The maximum Gasteiger partial charge on any atom is 0.291 e. The van der Waals surface area contributed by atoms with Crippen LogP contribution in [0.2, 0.25) is 0 Å². The van der Waals surface area contributed by atoms with Gasteiger partial charge < -0.3 is 14.6 Å². The fourth-order valence-corrected chi connectivity index (χ4v) is 2.67. The molecule has 7 heteroatoms. The smallest absolute Gasteiger partial charge is 0.291 e. The van der Waals surface area contributed by atoms with Crippen molar-refractivity contribution in [1.82, 2.24) is 4.90 Å². The van der Waals surface area contributed by atoms with E-state index in [9.17, 15) is 18.4 Å². The van der Waals surface area contributed by atoms with Crippen molar-refractivity contribution in [2.45, 2.75) is 13.0 Å². The van der Waals surface area contributed by atoms with Crippen LogP contribution in [0.1, 0.15) is 39.4 Å². The first-order valence-corrected chi connectivity index (χ1v) is 8.54. The van der Waals surface area contributed by atoms with Crippen LogP contribution in [-0.4, -0.2) is 23.8 Å². The summed E-state index contributed by atoms with van der Waals surface area (Å²) in [7, 11) is 1.58. The van der Waals surface area contributed by atoms with Crippen LogP contribution in [0.25, 0.3) is 0 Å². The Labute approximate surface area is 160 Å². The second kappa shape index (κ2) is 8.04. The molecule has 1 aromatic heterocycles. The molecule has 0 saturated heterocycles. The molecule has 0 radical (unpaired) electrons. The summed E-state index contributed by atoms with van der Waals surface area (Å²) in [5.74, 6) is -2.39. The molecule has 28 heavy (non-hydrogen) atoms. The lowest BCUT2D eigenvalue weighted by atomic mass is 10.1. The van der Waals surface area contributed by atoms with Crippen LogP contribution >= 0.6 is 0 Å². The van der Waals surface area contributed by atoms with Gasteiger partial charge in [-0.3, -0.25) is 9.59 Å². The third-order valence-corrected chi connectivity index (χ3v) is 4.46. The van der Waals surface area contributed by atoms with Crippen LogP contribution in [0.15, 0.2) is 65.3 Å². The molecule has 144 valence electrons. The Hall–Kier alpha value is -3.48. The average molecular weight is 384 g/mol. The van der Waals surface area contributed by atoms with Gasteiger partial charge in [-0.1, -0.05) is 6.07 Å². The van der Waals surface area contributed by atoms with Crippen molar-refractivity contribution in [3.05, 3.63) is 89.4 Å². The van der Waals surface area contributed by atoms with Gasteiger partial charge in [0.05, 0.1) is 12.3 Å². The lowest BCUT2D eigenvalue weighted by molar-refractivity contribution is 0.0742. The third kappa shape index (κ3) is 4.09. The molecule has 2 amide bonds. The molecule has 1 unspecified atom stereocenters. The lowest BCUT2D eigenvalue weighted by Crippen LogP contribution is -2.29. The zero-order chi connectivity index (χ0) is 20.3. The van der Waals surface area contributed by atoms with E-state index < -0.39 is 23.6 Å². The highest BCUT2D eigenvalue weighted by molar-refractivity contribution is 6.02. The van der Waals surface area contributed by atoms with Crippen molar-refractivity contribution in [2.75, 3.05) is 12.4 Å². The van der Waals surface area contributed by atoms with Gasteiger partial charge in [0, 0.05) is 18.3 Å². The average Bonchev–Trinajstić information content (AvgIpc) is 3.24. The molecule has 0 bridgehead atoms. The summed E-state index contributed by atoms with van der Waals surface area (Å²) in [6.45, 7) is 1.72. The summed E-state index contributed by atoms with van der Waals surface area (Å²) in [6.07, 6.45) is 1.40. The van der Waals surface area contributed by atoms with Gasteiger partial charge in [-0.05, 0) is 61.0 Å². The van der Waals surface area contributed by atoms with Crippen molar-refractivity contribution in [3.8, 4) is 0 Å². The number of nitrogens with one attached hydrogen (secondary N) is 1. The van der Waals surface area contributed by atoms with Crippen LogP contribution in [0.4, 0.5) is 14.5 Å². The van der Waals surface area contributed by atoms with Gasteiger partial charge in [-0.25, -0.2) is 8.78 Å². The van der Waals surface area contributed by atoms with E-state index in [4.69, 9.17) is 4.42 Å². The molecule has 5 nitrogen and oxygen atoms in total. The number of benzene rings is 2. The van der Waals surface area contributed by atoms with E-state index in [1.54, 1.807) is 50.4 Å². The largest absolute Gasteiger partial charge is 0.459 e. The standard InChI is InChI=1S/C21H18F2N2O3/c1-13(15-7-10-17(22)18(23)12-15)25(2)21(27)14-5-8-16(9-6-14)24-20(26)19-4-3-11-28-19/h3-13H,1-2H3,(H,24,26). The highest BCUT2D eigenvalue weighted by Gasteiger charge is 2.20. The molecule has 3 aromatic rings. The fourth-order valence-electron chi connectivity index (χ4n) is 2.67. The molecular weight excluding hydrogens is 366 g/mol. The van der Waals surface area contributed by atoms with Gasteiger partial charge in [0.15, 0.2) is 17.4 Å². The Balaban J connectivity index is 1.69. The summed E-state index contributed by atoms with van der Waals surface area (Å²) in [5.41, 5.74) is 1.39. The number of anilines is 1. The van der Waals surface area contributed by atoms with E-state index >= 15 is 0 Å². The Morgan fingerprint density at radius 2 is 1.75 bits per heavy atom. The molecule has 0 aliphatic carbocycles. The minimum atomic E-state index is -0.957. The highest BCUT2D eigenvalue weighted by atomic mass is 19.2. The van der Waals surface area contributed by atoms with Gasteiger partial charge in [-0.2, -0.15) is 0 Å². The predicted octanol–water partition coefficient (Wildman–Crippen LogP) is 4.64. The van der Waals surface area contributed by atoms with Crippen molar-refractivity contribution >= 4 is 17.5 Å². The minimum Gasteiger partial charge on any atom is -0.459 e. The molecular formula is C21H18F2N2O3. The molecule has 1 atom stereocenters. The first kappa shape index (κ1) is 19.3. The molecule has 1 heterocycles.